The highest BCUT2D eigenvalue weighted by atomic mass is 16.5. The van der Waals surface area contributed by atoms with Crippen LogP contribution in [-0.2, 0) is 9.47 Å². The summed E-state index contributed by atoms with van der Waals surface area (Å²) >= 11 is 0. The normalized spacial score (nSPS) is 10.7. The molecule has 9 heteroatoms. The maximum absolute atomic E-state index is 11.7. The van der Waals surface area contributed by atoms with Crippen molar-refractivity contribution >= 4 is 29.5 Å². The average Bonchev–Trinajstić information content (AvgIpc) is 2.44. The van der Waals surface area contributed by atoms with Crippen LogP contribution in [-0.4, -0.2) is 38.1 Å². The minimum absolute atomic E-state index is 0.0762. The quantitative estimate of drug-likeness (QED) is 0.384. The maximum Gasteiger partial charge on any atom is 0.340 e. The highest BCUT2D eigenvalue weighted by molar-refractivity contribution is 6.00. The molecule has 0 heterocycles. The molecule has 0 aliphatic heterocycles. The van der Waals surface area contributed by atoms with Crippen molar-refractivity contribution in [3.63, 3.8) is 0 Å². The van der Waals surface area contributed by atoms with Crippen molar-refractivity contribution < 1.29 is 19.1 Å². The molecule has 6 N–H and O–H groups in total. The van der Waals surface area contributed by atoms with Crippen LogP contribution in [0.2, 0.25) is 0 Å². The largest absolute Gasteiger partial charge is 0.465 e. The van der Waals surface area contributed by atoms with Crippen molar-refractivity contribution in [2.45, 2.75) is 0 Å². The fourth-order valence-electron chi connectivity index (χ4n) is 1.43. The van der Waals surface area contributed by atoms with E-state index in [1.807, 2.05) is 0 Å². The lowest BCUT2D eigenvalue weighted by molar-refractivity contribution is 0.0587. The molecule has 0 aliphatic rings. The molecule has 0 saturated carbocycles. The van der Waals surface area contributed by atoms with Crippen molar-refractivity contribution in [2.24, 2.45) is 27.2 Å². The summed E-state index contributed by atoms with van der Waals surface area (Å²) in [6.45, 7) is 0. The minimum atomic E-state index is -0.650. The summed E-state index contributed by atoms with van der Waals surface area (Å²) in [6.07, 6.45) is 0. The van der Waals surface area contributed by atoms with E-state index in [1.165, 1.54) is 32.4 Å². The second-order valence-corrected chi connectivity index (χ2v) is 3.72. The first kappa shape index (κ1) is 16.0. The zero-order valence-electron chi connectivity index (χ0n) is 11.5. The van der Waals surface area contributed by atoms with Gasteiger partial charge in [0.25, 0.3) is 0 Å². The monoisotopic (exact) mass is 293 g/mol. The molecule has 1 aromatic carbocycles. The van der Waals surface area contributed by atoms with Crippen molar-refractivity contribution in [2.75, 3.05) is 14.2 Å². The van der Waals surface area contributed by atoms with Gasteiger partial charge in [0.15, 0.2) is 5.96 Å². The van der Waals surface area contributed by atoms with Crippen LogP contribution in [0.4, 0.5) is 5.69 Å². The number of aliphatic imine (C=N–C) groups is 2. The smallest absolute Gasteiger partial charge is 0.340 e. The molecule has 0 atom stereocenters. The van der Waals surface area contributed by atoms with Crippen molar-refractivity contribution in [1.82, 2.24) is 0 Å². The molecule has 0 saturated heterocycles. The van der Waals surface area contributed by atoms with Gasteiger partial charge in [-0.3, -0.25) is 0 Å². The number of nitrogens with two attached hydrogens (primary N) is 3. The lowest BCUT2D eigenvalue weighted by atomic mass is 10.1. The third kappa shape index (κ3) is 4.20. The van der Waals surface area contributed by atoms with Gasteiger partial charge in [-0.15, -0.1) is 0 Å². The molecule has 0 unspecified atom stereocenters. The van der Waals surface area contributed by atoms with Gasteiger partial charge >= 0.3 is 11.9 Å². The van der Waals surface area contributed by atoms with E-state index in [0.717, 1.165) is 0 Å². The van der Waals surface area contributed by atoms with Gasteiger partial charge < -0.3 is 26.7 Å². The molecule has 0 spiro atoms. The van der Waals surface area contributed by atoms with Gasteiger partial charge in [0.05, 0.1) is 31.0 Å². The molecule has 1 aromatic rings. The van der Waals surface area contributed by atoms with Gasteiger partial charge in [0.2, 0.25) is 5.96 Å². The molecule has 0 aliphatic carbocycles. The second-order valence-electron chi connectivity index (χ2n) is 3.72. The van der Waals surface area contributed by atoms with Crippen LogP contribution in [0.5, 0.6) is 0 Å². The first-order valence-electron chi connectivity index (χ1n) is 5.63. The van der Waals surface area contributed by atoms with E-state index in [2.05, 4.69) is 19.5 Å². The molecule has 0 amide bonds. The molecular formula is C12H15N5O4. The maximum atomic E-state index is 11.7. The first-order valence-corrected chi connectivity index (χ1v) is 5.63. The molecule has 0 radical (unpaired) electrons. The number of carbonyl (C=O) groups is 2. The number of esters is 2. The van der Waals surface area contributed by atoms with Crippen LogP contribution < -0.4 is 17.2 Å². The van der Waals surface area contributed by atoms with Gasteiger partial charge in [0, 0.05) is 0 Å². The van der Waals surface area contributed by atoms with E-state index >= 15 is 0 Å². The highest BCUT2D eigenvalue weighted by Crippen LogP contribution is 2.22. The predicted molar refractivity (Wildman–Crippen MR) is 76.2 cm³/mol. The first-order chi connectivity index (χ1) is 9.88. The zero-order chi connectivity index (χ0) is 16.0. The molecule has 9 nitrogen and oxygen atoms in total. The van der Waals surface area contributed by atoms with Gasteiger partial charge in [-0.25, -0.2) is 14.6 Å². The number of benzene rings is 1. The Morgan fingerprint density at radius 1 is 1.05 bits per heavy atom. The van der Waals surface area contributed by atoms with Crippen molar-refractivity contribution in [3.8, 4) is 0 Å². The molecule has 0 bridgehead atoms. The number of carbonyl (C=O) groups excluding carboxylic acids is 2. The number of hydrogen-bond acceptors (Lipinski definition) is 5. The molecule has 0 aromatic heterocycles. The number of methoxy groups -OCH3 is 2. The van der Waals surface area contributed by atoms with Crippen LogP contribution in [0, 0.1) is 0 Å². The van der Waals surface area contributed by atoms with Crippen LogP contribution in [0.25, 0.3) is 0 Å². The van der Waals surface area contributed by atoms with Crippen LogP contribution in [0.1, 0.15) is 20.7 Å². The van der Waals surface area contributed by atoms with E-state index in [9.17, 15) is 9.59 Å². The number of hydrogen-bond donors (Lipinski definition) is 3. The predicted octanol–water partition coefficient (Wildman–Crippen LogP) is -0.521. The standard InChI is InChI=1S/C12H15N5O4/c1-20-9(18)6-3-4-7(10(19)21-2)8(5-6)16-12(15)17-11(13)14/h3-5H,1-2H3,(H6,13,14,15,16,17). The second kappa shape index (κ2) is 6.89. The Hall–Kier alpha value is -3.10. The Kier molecular flexibility index (Phi) is 5.24. The number of nitrogens with zero attached hydrogens (tertiary/aromatic N) is 2. The summed E-state index contributed by atoms with van der Waals surface area (Å²) in [7, 11) is 2.44. The Morgan fingerprint density at radius 3 is 2.19 bits per heavy atom. The third-order valence-electron chi connectivity index (χ3n) is 2.30. The highest BCUT2D eigenvalue weighted by Gasteiger charge is 2.15. The average molecular weight is 293 g/mol. The Labute approximate surface area is 120 Å². The summed E-state index contributed by atoms with van der Waals surface area (Å²) < 4.78 is 9.20. The third-order valence-corrected chi connectivity index (χ3v) is 2.30. The SMILES string of the molecule is COC(=O)c1ccc(C(=O)OC)c(N=C(N)N=C(N)N)c1. The fourth-order valence-corrected chi connectivity index (χ4v) is 1.43. The lowest BCUT2D eigenvalue weighted by Crippen LogP contribution is -2.26. The van der Waals surface area contributed by atoms with Crippen molar-refractivity contribution in [1.29, 1.82) is 0 Å². The van der Waals surface area contributed by atoms with Crippen molar-refractivity contribution in [3.05, 3.63) is 29.3 Å². The summed E-state index contributed by atoms with van der Waals surface area (Å²) in [4.78, 5) is 30.6. The van der Waals surface area contributed by atoms with E-state index in [1.54, 1.807) is 0 Å². The van der Waals surface area contributed by atoms with E-state index < -0.39 is 11.9 Å². The van der Waals surface area contributed by atoms with E-state index in [4.69, 9.17) is 17.2 Å². The fraction of sp³-hybridized carbons (Fsp3) is 0.167. The Balaban J connectivity index is 3.39. The minimum Gasteiger partial charge on any atom is -0.465 e. The van der Waals surface area contributed by atoms with Crippen LogP contribution in [0.15, 0.2) is 28.2 Å². The summed E-state index contributed by atoms with van der Waals surface area (Å²) in [5.41, 5.74) is 16.2. The van der Waals surface area contributed by atoms with Crippen LogP contribution in [0.3, 0.4) is 0 Å². The number of rotatable bonds is 3. The molecule has 112 valence electrons. The zero-order valence-corrected chi connectivity index (χ0v) is 11.5. The summed E-state index contributed by atoms with van der Waals surface area (Å²) in [6, 6.07) is 4.07. The topological polar surface area (TPSA) is 155 Å². The Bertz CT molecular complexity index is 620. The van der Waals surface area contributed by atoms with E-state index in [-0.39, 0.29) is 28.7 Å². The number of guanidine groups is 2. The molecule has 0 fully saturated rings. The molecular weight excluding hydrogens is 278 g/mol. The Morgan fingerprint density at radius 2 is 1.67 bits per heavy atom. The van der Waals surface area contributed by atoms with E-state index in [0.29, 0.717) is 0 Å². The van der Waals surface area contributed by atoms with Crippen LogP contribution >= 0.6 is 0 Å². The summed E-state index contributed by atoms with van der Waals surface area (Å²) in [5, 5.41) is 0. The van der Waals surface area contributed by atoms with Gasteiger partial charge in [-0.05, 0) is 18.2 Å². The molecule has 1 rings (SSSR count). The van der Waals surface area contributed by atoms with Gasteiger partial charge in [-0.2, -0.15) is 4.99 Å². The summed E-state index contributed by atoms with van der Waals surface area (Å²) in [5.74, 6) is -1.81. The number of ether oxygens (including phenoxy) is 2. The van der Waals surface area contributed by atoms with Gasteiger partial charge in [0.1, 0.15) is 0 Å². The lowest BCUT2D eigenvalue weighted by Gasteiger charge is -2.06. The van der Waals surface area contributed by atoms with Gasteiger partial charge in [-0.1, -0.05) is 0 Å². The molecule has 21 heavy (non-hydrogen) atoms.